The molecule has 2 aliphatic rings. The highest BCUT2D eigenvalue weighted by Crippen LogP contribution is 2.21. The van der Waals surface area contributed by atoms with Crippen molar-refractivity contribution in [2.75, 3.05) is 13.1 Å². The third-order valence-electron chi connectivity index (χ3n) is 4.58. The fourth-order valence-corrected chi connectivity index (χ4v) is 3.43. The smallest absolute Gasteiger partial charge is 0.243 e. The van der Waals surface area contributed by atoms with Crippen molar-refractivity contribution in [2.45, 2.75) is 44.3 Å². The lowest BCUT2D eigenvalue weighted by atomic mass is 10.1. The van der Waals surface area contributed by atoms with Crippen LogP contribution < -0.4 is 10.6 Å². The lowest BCUT2D eigenvalue weighted by Crippen LogP contribution is -2.50. The maximum Gasteiger partial charge on any atom is 0.243 e. The molecule has 3 rings (SSSR count). The van der Waals surface area contributed by atoms with Crippen LogP contribution in [-0.2, 0) is 16.1 Å². The highest BCUT2D eigenvalue weighted by Gasteiger charge is 2.37. The average Bonchev–Trinajstić information content (AvgIpc) is 3.24. The number of hydrogen-bond acceptors (Lipinski definition) is 3. The van der Waals surface area contributed by atoms with Crippen LogP contribution in [0.2, 0.25) is 5.02 Å². The van der Waals surface area contributed by atoms with Crippen LogP contribution in [0.3, 0.4) is 0 Å². The first kappa shape index (κ1) is 19.0. The number of rotatable bonds is 4. The zero-order valence-corrected chi connectivity index (χ0v) is 15.0. The van der Waals surface area contributed by atoms with E-state index in [9.17, 15) is 9.59 Å². The van der Waals surface area contributed by atoms with E-state index in [1.807, 2.05) is 12.1 Å². The lowest BCUT2D eigenvalue weighted by molar-refractivity contribution is -0.139. The topological polar surface area (TPSA) is 61.4 Å². The first-order valence-corrected chi connectivity index (χ1v) is 8.59. The van der Waals surface area contributed by atoms with Crippen molar-refractivity contribution >= 4 is 35.8 Å². The highest BCUT2D eigenvalue weighted by atomic mass is 35.5. The fraction of sp³-hybridized carbons (Fsp3) is 0.529. The number of nitrogens with one attached hydrogen (secondary N) is 2. The second-order valence-corrected chi connectivity index (χ2v) is 6.62. The molecule has 2 aliphatic heterocycles. The van der Waals surface area contributed by atoms with Crippen LogP contribution in [0.1, 0.15) is 31.2 Å². The summed E-state index contributed by atoms with van der Waals surface area (Å²) in [4.78, 5) is 26.8. The molecule has 1 aromatic rings. The number of carbonyl (C=O) groups excluding carboxylic acids is 2. The zero-order valence-electron chi connectivity index (χ0n) is 13.5. The van der Waals surface area contributed by atoms with Gasteiger partial charge >= 0.3 is 0 Å². The van der Waals surface area contributed by atoms with Crippen LogP contribution >= 0.6 is 24.0 Å². The summed E-state index contributed by atoms with van der Waals surface area (Å²) in [7, 11) is 0. The predicted molar refractivity (Wildman–Crippen MR) is 96.3 cm³/mol. The standard InChI is InChI=1S/C17H22ClN3O2.ClH/c18-13-7-5-12(6-8-13)11-20-16(22)15-4-2-10-21(15)17(23)14-3-1-9-19-14;/h5-8,14-15,19H,1-4,9-11H2,(H,20,22);1H/t14-,15?;/m0./s1. The minimum atomic E-state index is -0.336. The lowest BCUT2D eigenvalue weighted by Gasteiger charge is -2.26. The number of benzene rings is 1. The second-order valence-electron chi connectivity index (χ2n) is 6.18. The Morgan fingerprint density at radius 2 is 1.96 bits per heavy atom. The van der Waals surface area contributed by atoms with Crippen molar-refractivity contribution in [1.29, 1.82) is 0 Å². The SMILES string of the molecule is Cl.O=C(NCc1ccc(Cl)cc1)C1CCCN1C(=O)[C@@H]1CCCN1. The number of hydrogen-bond donors (Lipinski definition) is 2. The van der Waals surface area contributed by atoms with Gasteiger partial charge in [0.25, 0.3) is 0 Å². The van der Waals surface area contributed by atoms with E-state index in [1.54, 1.807) is 17.0 Å². The van der Waals surface area contributed by atoms with Crippen molar-refractivity contribution in [1.82, 2.24) is 15.5 Å². The maximum absolute atomic E-state index is 12.5. The summed E-state index contributed by atoms with van der Waals surface area (Å²) in [5.74, 6) is 0.00967. The van der Waals surface area contributed by atoms with Gasteiger partial charge in [-0.25, -0.2) is 0 Å². The third kappa shape index (κ3) is 4.41. The molecule has 24 heavy (non-hydrogen) atoms. The molecule has 2 heterocycles. The summed E-state index contributed by atoms with van der Waals surface area (Å²) < 4.78 is 0. The molecule has 5 nitrogen and oxygen atoms in total. The Morgan fingerprint density at radius 3 is 2.62 bits per heavy atom. The van der Waals surface area contributed by atoms with Crippen molar-refractivity contribution < 1.29 is 9.59 Å². The zero-order chi connectivity index (χ0) is 16.2. The molecule has 1 unspecified atom stereocenters. The van der Waals surface area contributed by atoms with Crippen molar-refractivity contribution in [3.8, 4) is 0 Å². The molecule has 0 radical (unpaired) electrons. The van der Waals surface area contributed by atoms with E-state index in [-0.39, 0.29) is 36.3 Å². The molecule has 2 fully saturated rings. The molecule has 0 saturated carbocycles. The molecule has 1 aromatic carbocycles. The Labute approximate surface area is 153 Å². The summed E-state index contributed by atoms with van der Waals surface area (Å²) in [6.07, 6.45) is 3.52. The fourth-order valence-electron chi connectivity index (χ4n) is 3.31. The monoisotopic (exact) mass is 371 g/mol. The first-order valence-electron chi connectivity index (χ1n) is 8.21. The van der Waals surface area contributed by atoms with Crippen molar-refractivity contribution in [2.24, 2.45) is 0 Å². The van der Waals surface area contributed by atoms with Gasteiger partial charge in [0.05, 0.1) is 6.04 Å². The summed E-state index contributed by atoms with van der Waals surface area (Å²) in [6.45, 7) is 2.02. The van der Waals surface area contributed by atoms with Gasteiger partial charge in [0.15, 0.2) is 0 Å². The Morgan fingerprint density at radius 1 is 1.21 bits per heavy atom. The van der Waals surface area contributed by atoms with E-state index in [2.05, 4.69) is 10.6 Å². The van der Waals surface area contributed by atoms with Crippen LogP contribution in [0, 0.1) is 0 Å². The number of carbonyl (C=O) groups is 2. The van der Waals surface area contributed by atoms with E-state index in [1.165, 1.54) is 0 Å². The minimum Gasteiger partial charge on any atom is -0.350 e. The van der Waals surface area contributed by atoms with Gasteiger partial charge in [-0.3, -0.25) is 9.59 Å². The van der Waals surface area contributed by atoms with Crippen LogP contribution in [0.4, 0.5) is 0 Å². The summed E-state index contributed by atoms with van der Waals surface area (Å²) >= 11 is 5.86. The quantitative estimate of drug-likeness (QED) is 0.851. The molecule has 132 valence electrons. The molecule has 7 heteroatoms. The summed E-state index contributed by atoms with van der Waals surface area (Å²) in [5, 5.41) is 6.84. The predicted octanol–water partition coefficient (Wildman–Crippen LogP) is 2.12. The number of amides is 2. The normalized spacial score (nSPS) is 23.0. The van der Waals surface area contributed by atoms with Gasteiger partial charge < -0.3 is 15.5 Å². The van der Waals surface area contributed by atoms with E-state index in [0.717, 1.165) is 37.8 Å². The molecule has 0 aliphatic carbocycles. The average molecular weight is 372 g/mol. The van der Waals surface area contributed by atoms with Gasteiger partial charge in [0, 0.05) is 18.1 Å². The van der Waals surface area contributed by atoms with Gasteiger partial charge in [0.1, 0.15) is 6.04 Å². The Hall–Kier alpha value is -1.30. The van der Waals surface area contributed by atoms with Gasteiger partial charge in [0.2, 0.25) is 11.8 Å². The summed E-state index contributed by atoms with van der Waals surface area (Å²) in [5.41, 5.74) is 0.996. The van der Waals surface area contributed by atoms with Gasteiger partial charge in [-0.2, -0.15) is 0 Å². The molecule has 2 N–H and O–H groups in total. The van der Waals surface area contributed by atoms with E-state index in [4.69, 9.17) is 11.6 Å². The Balaban J connectivity index is 0.00000208. The number of nitrogens with zero attached hydrogens (tertiary/aromatic N) is 1. The van der Waals surface area contributed by atoms with E-state index >= 15 is 0 Å². The van der Waals surface area contributed by atoms with Crippen LogP contribution in [-0.4, -0.2) is 41.9 Å². The van der Waals surface area contributed by atoms with E-state index in [0.29, 0.717) is 18.1 Å². The van der Waals surface area contributed by atoms with Crippen molar-refractivity contribution in [3.05, 3.63) is 34.9 Å². The molecule has 2 atom stereocenters. The van der Waals surface area contributed by atoms with E-state index < -0.39 is 0 Å². The maximum atomic E-state index is 12.5. The van der Waals surface area contributed by atoms with Crippen LogP contribution in [0.5, 0.6) is 0 Å². The second kappa shape index (κ2) is 8.70. The summed E-state index contributed by atoms with van der Waals surface area (Å²) in [6, 6.07) is 6.95. The number of likely N-dealkylation sites (tertiary alicyclic amines) is 1. The molecular weight excluding hydrogens is 349 g/mol. The minimum absolute atomic E-state index is 0. The van der Waals surface area contributed by atoms with Crippen LogP contribution in [0.25, 0.3) is 0 Å². The highest BCUT2D eigenvalue weighted by molar-refractivity contribution is 6.30. The molecule has 2 amide bonds. The Kier molecular flexibility index (Phi) is 6.90. The molecule has 0 bridgehead atoms. The molecule has 2 saturated heterocycles. The van der Waals surface area contributed by atoms with Crippen LogP contribution in [0.15, 0.2) is 24.3 Å². The Bertz CT molecular complexity index is 574. The molecular formula is C17H23Cl2N3O2. The van der Waals surface area contributed by atoms with Crippen molar-refractivity contribution in [3.63, 3.8) is 0 Å². The molecule has 0 spiro atoms. The first-order chi connectivity index (χ1) is 11.1. The third-order valence-corrected chi connectivity index (χ3v) is 4.83. The van der Waals surface area contributed by atoms with Gasteiger partial charge in [-0.05, 0) is 49.9 Å². The number of halogens is 2. The molecule has 0 aromatic heterocycles. The van der Waals surface area contributed by atoms with Gasteiger partial charge in [-0.1, -0.05) is 23.7 Å². The largest absolute Gasteiger partial charge is 0.350 e. The van der Waals surface area contributed by atoms with Gasteiger partial charge in [-0.15, -0.1) is 12.4 Å².